The van der Waals surface area contributed by atoms with E-state index in [1.807, 2.05) is 0 Å². The first-order valence-electron chi connectivity index (χ1n) is 8.08. The van der Waals surface area contributed by atoms with Crippen LogP contribution in [-0.2, 0) is 12.8 Å². The molecule has 1 N–H and O–H groups in total. The molecule has 1 aliphatic rings. The van der Waals surface area contributed by atoms with E-state index in [1.165, 1.54) is 37.7 Å². The van der Waals surface area contributed by atoms with E-state index in [4.69, 9.17) is 0 Å². The second-order valence-corrected chi connectivity index (χ2v) is 6.62. The van der Waals surface area contributed by atoms with Gasteiger partial charge in [-0.05, 0) is 83.3 Å². The van der Waals surface area contributed by atoms with E-state index in [0.717, 1.165) is 6.54 Å². The molecular formula is C18H30N2. The van der Waals surface area contributed by atoms with Crippen LogP contribution in [-0.4, -0.2) is 31.6 Å². The van der Waals surface area contributed by atoms with Crippen LogP contribution in [0.1, 0.15) is 55.8 Å². The second-order valence-electron chi connectivity index (χ2n) is 6.62. The Labute approximate surface area is 124 Å². The van der Waals surface area contributed by atoms with Crippen molar-refractivity contribution >= 4 is 0 Å². The smallest absolute Gasteiger partial charge is 0.0294 e. The maximum atomic E-state index is 3.73. The molecular weight excluding hydrogens is 244 g/mol. The lowest BCUT2D eigenvalue weighted by Crippen LogP contribution is -2.32. The van der Waals surface area contributed by atoms with Gasteiger partial charge in [0, 0.05) is 12.1 Å². The van der Waals surface area contributed by atoms with E-state index in [1.54, 1.807) is 11.1 Å². The van der Waals surface area contributed by atoms with Crippen LogP contribution in [0, 0.1) is 0 Å². The van der Waals surface area contributed by atoms with E-state index in [2.05, 4.69) is 56.4 Å². The summed E-state index contributed by atoms with van der Waals surface area (Å²) in [6.45, 7) is 5.72. The number of hydrogen-bond donors (Lipinski definition) is 1. The number of benzene rings is 1. The molecule has 0 heterocycles. The molecule has 0 amide bonds. The maximum Gasteiger partial charge on any atom is 0.0294 e. The third kappa shape index (κ3) is 4.32. The monoisotopic (exact) mass is 274 g/mol. The molecule has 20 heavy (non-hydrogen) atoms. The van der Waals surface area contributed by atoms with Crippen molar-refractivity contribution in [2.24, 2.45) is 0 Å². The van der Waals surface area contributed by atoms with Gasteiger partial charge in [0.25, 0.3) is 0 Å². The predicted octanol–water partition coefficient (Wildman–Crippen LogP) is 3.56. The molecule has 0 radical (unpaired) electrons. The van der Waals surface area contributed by atoms with Crippen molar-refractivity contribution in [3.63, 3.8) is 0 Å². The molecule has 2 nitrogen and oxygen atoms in total. The normalized spacial score (nSPS) is 17.9. The van der Waals surface area contributed by atoms with E-state index in [0.29, 0.717) is 12.1 Å². The van der Waals surface area contributed by atoms with Crippen LogP contribution in [0.2, 0.25) is 0 Å². The summed E-state index contributed by atoms with van der Waals surface area (Å²) in [5, 5.41) is 3.73. The van der Waals surface area contributed by atoms with Crippen molar-refractivity contribution in [2.75, 3.05) is 20.6 Å². The minimum Gasteiger partial charge on any atom is -0.309 e. The van der Waals surface area contributed by atoms with Gasteiger partial charge in [-0.2, -0.15) is 0 Å². The van der Waals surface area contributed by atoms with E-state index >= 15 is 0 Å². The largest absolute Gasteiger partial charge is 0.309 e. The first kappa shape index (κ1) is 15.5. The van der Waals surface area contributed by atoms with Crippen LogP contribution < -0.4 is 5.32 Å². The van der Waals surface area contributed by atoms with E-state index in [-0.39, 0.29) is 0 Å². The summed E-state index contributed by atoms with van der Waals surface area (Å²) >= 11 is 0. The molecule has 2 atom stereocenters. The highest BCUT2D eigenvalue weighted by Crippen LogP contribution is 2.25. The van der Waals surface area contributed by atoms with E-state index in [9.17, 15) is 0 Å². The highest BCUT2D eigenvalue weighted by Gasteiger charge is 2.14. The van der Waals surface area contributed by atoms with Crippen LogP contribution in [0.5, 0.6) is 0 Å². The van der Waals surface area contributed by atoms with Crippen LogP contribution in [0.3, 0.4) is 0 Å². The fourth-order valence-corrected chi connectivity index (χ4v) is 3.08. The lowest BCUT2D eigenvalue weighted by atomic mass is 9.89. The molecule has 0 spiro atoms. The van der Waals surface area contributed by atoms with Gasteiger partial charge in [-0.25, -0.2) is 0 Å². The summed E-state index contributed by atoms with van der Waals surface area (Å²) in [6, 6.07) is 8.11. The van der Waals surface area contributed by atoms with Crippen molar-refractivity contribution in [1.29, 1.82) is 0 Å². The fraction of sp³-hybridized carbons (Fsp3) is 0.667. The number of hydrogen-bond acceptors (Lipinski definition) is 2. The third-order valence-corrected chi connectivity index (χ3v) is 4.42. The fourth-order valence-electron chi connectivity index (χ4n) is 3.08. The highest BCUT2D eigenvalue weighted by atomic mass is 15.1. The van der Waals surface area contributed by atoms with Crippen molar-refractivity contribution in [3.8, 4) is 0 Å². The van der Waals surface area contributed by atoms with Crippen molar-refractivity contribution in [1.82, 2.24) is 10.2 Å². The van der Waals surface area contributed by atoms with Crippen LogP contribution in [0.15, 0.2) is 18.2 Å². The molecule has 1 aliphatic carbocycles. The van der Waals surface area contributed by atoms with Crippen molar-refractivity contribution < 1.29 is 0 Å². The molecule has 0 saturated carbocycles. The second kappa shape index (κ2) is 7.24. The Kier molecular flexibility index (Phi) is 5.62. The van der Waals surface area contributed by atoms with Gasteiger partial charge in [-0.3, -0.25) is 0 Å². The SMILES string of the molecule is CC(CCN(C)C)NC(C)c1ccc2c(c1)CCCC2. The molecule has 0 aromatic heterocycles. The lowest BCUT2D eigenvalue weighted by Gasteiger charge is -2.24. The van der Waals surface area contributed by atoms with Gasteiger partial charge in [-0.1, -0.05) is 18.2 Å². The molecule has 1 aromatic carbocycles. The number of rotatable bonds is 6. The quantitative estimate of drug-likeness (QED) is 0.853. The first-order valence-corrected chi connectivity index (χ1v) is 8.08. The zero-order chi connectivity index (χ0) is 14.5. The molecule has 112 valence electrons. The minimum atomic E-state index is 0.444. The summed E-state index contributed by atoms with van der Waals surface area (Å²) in [4.78, 5) is 2.25. The number of aryl methyl sites for hydroxylation is 2. The van der Waals surface area contributed by atoms with Crippen LogP contribution in [0.4, 0.5) is 0 Å². The van der Waals surface area contributed by atoms with Crippen molar-refractivity contribution in [2.45, 2.75) is 58.0 Å². The number of nitrogens with one attached hydrogen (secondary N) is 1. The van der Waals surface area contributed by atoms with Crippen molar-refractivity contribution in [3.05, 3.63) is 34.9 Å². The third-order valence-electron chi connectivity index (χ3n) is 4.42. The molecule has 0 saturated heterocycles. The zero-order valence-electron chi connectivity index (χ0n) is 13.6. The highest BCUT2D eigenvalue weighted by molar-refractivity contribution is 5.35. The van der Waals surface area contributed by atoms with Gasteiger partial charge < -0.3 is 10.2 Å². The number of nitrogens with zero attached hydrogens (tertiary/aromatic N) is 1. The van der Waals surface area contributed by atoms with Gasteiger partial charge >= 0.3 is 0 Å². The zero-order valence-corrected chi connectivity index (χ0v) is 13.6. The predicted molar refractivity (Wildman–Crippen MR) is 87.3 cm³/mol. The van der Waals surface area contributed by atoms with Gasteiger partial charge in [0.05, 0.1) is 0 Å². The molecule has 0 bridgehead atoms. The summed E-state index contributed by atoms with van der Waals surface area (Å²) in [6.07, 6.45) is 6.46. The Morgan fingerprint density at radius 1 is 1.10 bits per heavy atom. The maximum absolute atomic E-state index is 3.73. The van der Waals surface area contributed by atoms with Gasteiger partial charge in [-0.15, -0.1) is 0 Å². The van der Waals surface area contributed by atoms with E-state index < -0.39 is 0 Å². The Morgan fingerprint density at radius 2 is 1.80 bits per heavy atom. The van der Waals surface area contributed by atoms with Gasteiger partial charge in [0.1, 0.15) is 0 Å². The Hall–Kier alpha value is -0.860. The molecule has 0 fully saturated rings. The van der Waals surface area contributed by atoms with Crippen LogP contribution >= 0.6 is 0 Å². The molecule has 2 heteroatoms. The average molecular weight is 274 g/mol. The molecule has 2 unspecified atom stereocenters. The summed E-state index contributed by atoms with van der Waals surface area (Å²) in [7, 11) is 4.28. The number of fused-ring (bicyclic) bond motifs is 1. The minimum absolute atomic E-state index is 0.444. The molecule has 1 aromatic rings. The topological polar surface area (TPSA) is 15.3 Å². The summed E-state index contributed by atoms with van der Waals surface area (Å²) in [5.74, 6) is 0. The Balaban J connectivity index is 1.93. The van der Waals surface area contributed by atoms with Crippen LogP contribution in [0.25, 0.3) is 0 Å². The average Bonchev–Trinajstić information content (AvgIpc) is 2.44. The summed E-state index contributed by atoms with van der Waals surface area (Å²) < 4.78 is 0. The Bertz CT molecular complexity index is 425. The molecule has 0 aliphatic heterocycles. The van der Waals surface area contributed by atoms with Gasteiger partial charge in [0.2, 0.25) is 0 Å². The first-order chi connectivity index (χ1) is 9.56. The van der Waals surface area contributed by atoms with Gasteiger partial charge in [0.15, 0.2) is 0 Å². The summed E-state index contributed by atoms with van der Waals surface area (Å²) in [5.41, 5.74) is 4.61. The lowest BCUT2D eigenvalue weighted by molar-refractivity contribution is 0.354. The molecule has 2 rings (SSSR count). The standard InChI is InChI=1S/C18H30N2/c1-14(11-12-20(3)4)19-15(2)17-10-9-16-7-5-6-8-18(16)13-17/h9-10,13-15,19H,5-8,11-12H2,1-4H3. The Morgan fingerprint density at radius 3 is 2.50 bits per heavy atom.